The van der Waals surface area contributed by atoms with E-state index >= 15 is 0 Å². The van der Waals surface area contributed by atoms with Gasteiger partial charge in [-0.1, -0.05) is 54.6 Å². The van der Waals surface area contributed by atoms with Crippen molar-refractivity contribution in [3.63, 3.8) is 0 Å². The van der Waals surface area contributed by atoms with Crippen LogP contribution in [-0.4, -0.2) is 44.3 Å². The smallest absolute Gasteiger partial charge is 0.123 e. The summed E-state index contributed by atoms with van der Waals surface area (Å²) < 4.78 is 11.1. The summed E-state index contributed by atoms with van der Waals surface area (Å²) in [5, 5.41) is 3.95. The van der Waals surface area contributed by atoms with Crippen LogP contribution in [0.4, 0.5) is 0 Å². The largest absolute Gasteiger partial charge is 0.497 e. The van der Waals surface area contributed by atoms with Gasteiger partial charge in [0.1, 0.15) is 11.5 Å². The highest BCUT2D eigenvalue weighted by Crippen LogP contribution is 2.36. The lowest BCUT2D eigenvalue weighted by atomic mass is 9.76. The van der Waals surface area contributed by atoms with Crippen LogP contribution in [-0.2, 0) is 13.0 Å². The van der Waals surface area contributed by atoms with Gasteiger partial charge in [0.2, 0.25) is 0 Å². The van der Waals surface area contributed by atoms with Crippen molar-refractivity contribution in [2.75, 3.05) is 27.3 Å². The van der Waals surface area contributed by atoms with Gasteiger partial charge in [-0.15, -0.1) is 24.8 Å². The van der Waals surface area contributed by atoms with Crippen LogP contribution in [0.15, 0.2) is 72.8 Å². The minimum Gasteiger partial charge on any atom is -0.497 e. The van der Waals surface area contributed by atoms with Crippen LogP contribution in [0.5, 0.6) is 11.5 Å². The average Bonchev–Trinajstić information content (AvgIpc) is 2.89. The van der Waals surface area contributed by atoms with Crippen LogP contribution < -0.4 is 14.8 Å². The molecule has 1 N–H and O–H groups in total. The Morgan fingerprint density at radius 2 is 1.54 bits per heavy atom. The summed E-state index contributed by atoms with van der Waals surface area (Å²) >= 11 is 0. The lowest BCUT2D eigenvalue weighted by molar-refractivity contribution is 0.0127. The molecule has 3 aliphatic heterocycles. The molecular formula is C29H36Cl2N2O2. The molecule has 3 saturated heterocycles. The predicted molar refractivity (Wildman–Crippen MR) is 148 cm³/mol. The van der Waals surface area contributed by atoms with Crippen molar-refractivity contribution < 1.29 is 9.47 Å². The highest BCUT2D eigenvalue weighted by molar-refractivity contribution is 5.85. The second-order valence-corrected chi connectivity index (χ2v) is 9.25. The summed E-state index contributed by atoms with van der Waals surface area (Å²) in [5.41, 5.74) is 5.17. The monoisotopic (exact) mass is 514 g/mol. The number of hydrogen-bond donors (Lipinski definition) is 1. The van der Waals surface area contributed by atoms with E-state index in [9.17, 15) is 0 Å². The van der Waals surface area contributed by atoms with E-state index in [1.165, 1.54) is 48.2 Å². The fraction of sp³-hybridized carbons (Fsp3) is 0.379. The van der Waals surface area contributed by atoms with Crippen molar-refractivity contribution in [1.82, 2.24) is 10.2 Å². The summed E-state index contributed by atoms with van der Waals surface area (Å²) in [6.07, 6.45) is 3.63. The first-order chi connectivity index (χ1) is 16.3. The lowest BCUT2D eigenvalue weighted by Gasteiger charge is -2.51. The average molecular weight is 516 g/mol. The fourth-order valence-electron chi connectivity index (χ4n) is 5.78. The molecular weight excluding hydrogens is 479 g/mol. The molecule has 3 aliphatic rings. The maximum Gasteiger partial charge on any atom is 0.123 e. The zero-order valence-electron chi connectivity index (χ0n) is 20.5. The predicted octanol–water partition coefficient (Wildman–Crippen LogP) is 6.01. The standard InChI is InChI=1S/C29H34N2O2.2ClH/c1-32-25-11-7-10-22(18-25)26-12-5-3-8-23(26)19-27-29(21-14-16-31(27)17-15-21)30-20-24-9-4-6-13-28(24)33-2;;/h3-13,18,21,27,29-30H,14-17,19-20H2,1-2H3;2*1H. The molecule has 0 aromatic heterocycles. The topological polar surface area (TPSA) is 33.7 Å². The zero-order chi connectivity index (χ0) is 22.6. The molecule has 0 saturated carbocycles. The van der Waals surface area contributed by atoms with Gasteiger partial charge in [-0.25, -0.2) is 0 Å². The molecule has 0 amide bonds. The summed E-state index contributed by atoms with van der Waals surface area (Å²) in [6, 6.07) is 26.6. The maximum absolute atomic E-state index is 5.59. The third-order valence-electron chi connectivity index (χ3n) is 7.51. The van der Waals surface area contributed by atoms with Gasteiger partial charge in [0, 0.05) is 24.2 Å². The quantitative estimate of drug-likeness (QED) is 0.399. The number of nitrogens with one attached hydrogen (secondary N) is 1. The molecule has 0 spiro atoms. The second kappa shape index (κ2) is 12.6. The number of halogens is 2. The molecule has 4 nitrogen and oxygen atoms in total. The van der Waals surface area contributed by atoms with E-state index in [1.54, 1.807) is 14.2 Å². The first-order valence-corrected chi connectivity index (χ1v) is 12.1. The number of nitrogens with zero attached hydrogens (tertiary/aromatic N) is 1. The van der Waals surface area contributed by atoms with Gasteiger partial charge < -0.3 is 14.8 Å². The van der Waals surface area contributed by atoms with Crippen LogP contribution in [0.25, 0.3) is 11.1 Å². The summed E-state index contributed by atoms with van der Waals surface area (Å²) in [6.45, 7) is 3.26. The zero-order valence-corrected chi connectivity index (χ0v) is 22.1. The van der Waals surface area contributed by atoms with Gasteiger partial charge in [-0.2, -0.15) is 0 Å². The number of piperidine rings is 3. The number of hydrogen-bond acceptors (Lipinski definition) is 4. The molecule has 3 fully saturated rings. The Bertz CT molecular complexity index is 1090. The summed E-state index contributed by atoms with van der Waals surface area (Å²) in [5.74, 6) is 2.60. The third-order valence-corrected chi connectivity index (χ3v) is 7.51. The number of ether oxygens (including phenoxy) is 2. The second-order valence-electron chi connectivity index (χ2n) is 9.25. The first-order valence-electron chi connectivity index (χ1n) is 12.1. The molecule has 3 heterocycles. The Balaban J connectivity index is 0.00000171. The van der Waals surface area contributed by atoms with E-state index < -0.39 is 0 Å². The Kier molecular flexibility index (Phi) is 9.88. The Morgan fingerprint density at radius 3 is 2.29 bits per heavy atom. The van der Waals surface area contributed by atoms with Gasteiger partial charge in [0.15, 0.2) is 0 Å². The SMILES string of the molecule is COc1cccc(-c2ccccc2CC2C(NCc3ccccc3OC)C3CCN2CC3)c1.Cl.Cl. The molecule has 2 bridgehead atoms. The molecule has 6 rings (SSSR count). The minimum atomic E-state index is 0. The van der Waals surface area contributed by atoms with Crippen molar-refractivity contribution in [2.24, 2.45) is 5.92 Å². The van der Waals surface area contributed by atoms with Crippen LogP contribution in [0.1, 0.15) is 24.0 Å². The van der Waals surface area contributed by atoms with E-state index in [0.717, 1.165) is 30.4 Å². The van der Waals surface area contributed by atoms with Gasteiger partial charge in [-0.3, -0.25) is 4.90 Å². The van der Waals surface area contributed by atoms with Crippen LogP contribution >= 0.6 is 24.8 Å². The fourth-order valence-corrected chi connectivity index (χ4v) is 5.78. The summed E-state index contributed by atoms with van der Waals surface area (Å²) in [7, 11) is 3.49. The maximum atomic E-state index is 5.59. The highest BCUT2D eigenvalue weighted by atomic mass is 35.5. The van der Waals surface area contributed by atoms with Gasteiger partial charge in [0.25, 0.3) is 0 Å². The van der Waals surface area contributed by atoms with Crippen LogP contribution in [0, 0.1) is 5.92 Å². The molecule has 35 heavy (non-hydrogen) atoms. The van der Waals surface area contributed by atoms with E-state index in [0.29, 0.717) is 12.1 Å². The van der Waals surface area contributed by atoms with Gasteiger partial charge >= 0.3 is 0 Å². The van der Waals surface area contributed by atoms with Crippen LogP contribution in [0.3, 0.4) is 0 Å². The lowest BCUT2D eigenvalue weighted by Crippen LogP contribution is -2.63. The Morgan fingerprint density at radius 1 is 0.829 bits per heavy atom. The van der Waals surface area contributed by atoms with E-state index in [4.69, 9.17) is 9.47 Å². The number of rotatable bonds is 8. The first kappa shape index (κ1) is 27.3. The van der Waals surface area contributed by atoms with Gasteiger partial charge in [-0.05, 0) is 73.2 Å². The van der Waals surface area contributed by atoms with E-state index in [1.807, 2.05) is 12.1 Å². The molecule has 188 valence electrons. The van der Waals surface area contributed by atoms with Crippen molar-refractivity contribution in [3.8, 4) is 22.6 Å². The molecule has 6 heteroatoms. The Labute approximate surface area is 221 Å². The van der Waals surface area contributed by atoms with Crippen LogP contribution in [0.2, 0.25) is 0 Å². The molecule has 3 aromatic carbocycles. The van der Waals surface area contributed by atoms with E-state index in [-0.39, 0.29) is 24.8 Å². The van der Waals surface area contributed by atoms with E-state index in [2.05, 4.69) is 70.9 Å². The molecule has 2 atom stereocenters. The number of fused-ring (bicyclic) bond motifs is 3. The number of para-hydroxylation sites is 1. The normalized spacial score (nSPS) is 22.6. The molecule has 0 radical (unpaired) electrons. The number of methoxy groups -OCH3 is 2. The highest BCUT2D eigenvalue weighted by Gasteiger charge is 2.42. The van der Waals surface area contributed by atoms with Crippen molar-refractivity contribution in [3.05, 3.63) is 83.9 Å². The summed E-state index contributed by atoms with van der Waals surface area (Å²) in [4.78, 5) is 2.71. The Hall–Kier alpha value is -2.24. The van der Waals surface area contributed by atoms with Crippen molar-refractivity contribution in [1.29, 1.82) is 0 Å². The molecule has 0 aliphatic carbocycles. The minimum absolute atomic E-state index is 0. The number of benzene rings is 3. The molecule has 3 aromatic rings. The molecule has 2 unspecified atom stereocenters. The van der Waals surface area contributed by atoms with Crippen molar-refractivity contribution in [2.45, 2.75) is 37.9 Å². The third kappa shape index (κ3) is 5.95. The van der Waals surface area contributed by atoms with Crippen molar-refractivity contribution >= 4 is 24.8 Å². The van der Waals surface area contributed by atoms with Gasteiger partial charge in [0.05, 0.1) is 14.2 Å².